The third kappa shape index (κ3) is 5.64. The van der Waals surface area contributed by atoms with E-state index in [0.717, 1.165) is 21.0 Å². The van der Waals surface area contributed by atoms with E-state index in [0.29, 0.717) is 24.2 Å². The van der Waals surface area contributed by atoms with Crippen molar-refractivity contribution in [1.82, 2.24) is 9.21 Å². The van der Waals surface area contributed by atoms with Crippen LogP contribution in [-0.4, -0.2) is 37.1 Å². The number of likely N-dealkylation sites (N-methyl/N-ethyl adjacent to an activating group) is 1. The number of nitrogens with zero attached hydrogens (tertiary/aromatic N) is 2. The molecule has 5 nitrogen and oxygen atoms in total. The van der Waals surface area contributed by atoms with Gasteiger partial charge in [0.15, 0.2) is 0 Å². The fourth-order valence-corrected chi connectivity index (χ4v) is 5.47. The number of aryl methyl sites for hydroxylation is 3. The minimum Gasteiger partial charge on any atom is -0.333 e. The Morgan fingerprint density at radius 2 is 1.22 bits per heavy atom. The molecule has 1 amide bonds. The number of carbonyl (C=O) groups is 1. The van der Waals surface area contributed by atoms with E-state index in [1.807, 2.05) is 79.7 Å². The number of rotatable bonds is 8. The van der Waals surface area contributed by atoms with Crippen LogP contribution >= 0.6 is 0 Å². The standard InChI is InChI=1S/C26H30N2O3S/c1-20-15-21(2)26(22(3)16-20)32(30,31)27(4)19-25(29)28(17-23-11-7-5-8-12-23)18-24-13-9-6-10-14-24/h5-16H,17-19H2,1-4H3. The van der Waals surface area contributed by atoms with Crippen LogP contribution in [0.3, 0.4) is 0 Å². The quantitative estimate of drug-likeness (QED) is 0.509. The van der Waals surface area contributed by atoms with Crippen LogP contribution < -0.4 is 0 Å². The Morgan fingerprint density at radius 1 is 0.781 bits per heavy atom. The van der Waals surface area contributed by atoms with Crippen molar-refractivity contribution >= 4 is 15.9 Å². The lowest BCUT2D eigenvalue weighted by Gasteiger charge is -2.26. The molecule has 0 heterocycles. The van der Waals surface area contributed by atoms with Crippen LogP contribution in [0.2, 0.25) is 0 Å². The smallest absolute Gasteiger partial charge is 0.243 e. The van der Waals surface area contributed by atoms with Crippen LogP contribution in [0.4, 0.5) is 0 Å². The summed E-state index contributed by atoms with van der Waals surface area (Å²) in [4.78, 5) is 15.3. The monoisotopic (exact) mass is 450 g/mol. The first-order valence-electron chi connectivity index (χ1n) is 10.6. The van der Waals surface area contributed by atoms with Gasteiger partial charge in [-0.2, -0.15) is 4.31 Å². The second-order valence-electron chi connectivity index (χ2n) is 8.21. The van der Waals surface area contributed by atoms with Gasteiger partial charge in [0.05, 0.1) is 11.4 Å². The van der Waals surface area contributed by atoms with Gasteiger partial charge in [0, 0.05) is 20.1 Å². The molecule has 0 bridgehead atoms. The van der Waals surface area contributed by atoms with Gasteiger partial charge in [0.25, 0.3) is 0 Å². The van der Waals surface area contributed by atoms with E-state index in [2.05, 4.69) is 0 Å². The summed E-state index contributed by atoms with van der Waals surface area (Å²) >= 11 is 0. The third-order valence-corrected chi connectivity index (χ3v) is 7.53. The van der Waals surface area contributed by atoms with Crippen molar-refractivity contribution in [1.29, 1.82) is 0 Å². The summed E-state index contributed by atoms with van der Waals surface area (Å²) < 4.78 is 27.8. The molecule has 3 rings (SSSR count). The number of hydrogen-bond acceptors (Lipinski definition) is 3. The van der Waals surface area contributed by atoms with Gasteiger partial charge in [0.1, 0.15) is 0 Å². The fraction of sp³-hybridized carbons (Fsp3) is 0.269. The Morgan fingerprint density at radius 3 is 1.66 bits per heavy atom. The number of sulfonamides is 1. The molecule has 0 aliphatic heterocycles. The molecule has 0 aromatic heterocycles. The molecule has 0 unspecified atom stereocenters. The summed E-state index contributed by atoms with van der Waals surface area (Å²) in [7, 11) is -2.34. The maximum Gasteiger partial charge on any atom is 0.243 e. The van der Waals surface area contributed by atoms with E-state index in [-0.39, 0.29) is 17.3 Å². The third-order valence-electron chi connectivity index (χ3n) is 5.42. The Bertz CT molecular complexity index is 1110. The highest BCUT2D eigenvalue weighted by Gasteiger charge is 2.28. The summed E-state index contributed by atoms with van der Waals surface area (Å²) in [5.41, 5.74) is 4.37. The van der Waals surface area contributed by atoms with Gasteiger partial charge < -0.3 is 4.90 Å². The Labute approximate surface area is 191 Å². The lowest BCUT2D eigenvalue weighted by Crippen LogP contribution is -2.40. The van der Waals surface area contributed by atoms with E-state index < -0.39 is 10.0 Å². The van der Waals surface area contributed by atoms with Crippen molar-refractivity contribution in [3.8, 4) is 0 Å². The van der Waals surface area contributed by atoms with Crippen LogP contribution in [0.25, 0.3) is 0 Å². The Kier molecular flexibility index (Phi) is 7.48. The molecule has 3 aromatic rings. The van der Waals surface area contributed by atoms with Crippen LogP contribution in [0.5, 0.6) is 0 Å². The molecule has 6 heteroatoms. The maximum atomic E-state index is 13.3. The molecule has 0 aliphatic carbocycles. The fourth-order valence-electron chi connectivity index (χ4n) is 3.94. The summed E-state index contributed by atoms with van der Waals surface area (Å²) in [5, 5.41) is 0. The summed E-state index contributed by atoms with van der Waals surface area (Å²) in [6.07, 6.45) is 0. The first-order valence-corrected chi connectivity index (χ1v) is 12.0. The predicted molar refractivity (Wildman–Crippen MR) is 128 cm³/mol. The molecule has 0 fully saturated rings. The first-order chi connectivity index (χ1) is 15.2. The minimum atomic E-state index is -3.81. The first kappa shape index (κ1) is 23.7. The number of hydrogen-bond donors (Lipinski definition) is 0. The SMILES string of the molecule is Cc1cc(C)c(S(=O)(=O)N(C)CC(=O)N(Cc2ccccc2)Cc2ccccc2)c(C)c1. The molecular formula is C26H30N2O3S. The van der Waals surface area contributed by atoms with Crippen molar-refractivity contribution in [2.75, 3.05) is 13.6 Å². The molecule has 0 saturated carbocycles. The minimum absolute atomic E-state index is 0.227. The van der Waals surface area contributed by atoms with Crippen molar-refractivity contribution in [3.05, 3.63) is 101 Å². The highest BCUT2D eigenvalue weighted by molar-refractivity contribution is 7.89. The zero-order chi connectivity index (χ0) is 23.3. The van der Waals surface area contributed by atoms with Gasteiger partial charge in [0.2, 0.25) is 15.9 Å². The van der Waals surface area contributed by atoms with Gasteiger partial charge >= 0.3 is 0 Å². The molecule has 0 atom stereocenters. The van der Waals surface area contributed by atoms with Gasteiger partial charge in [-0.15, -0.1) is 0 Å². The molecule has 0 radical (unpaired) electrons. The number of amides is 1. The van der Waals surface area contributed by atoms with Crippen LogP contribution in [0.15, 0.2) is 77.7 Å². The Balaban J connectivity index is 1.84. The van der Waals surface area contributed by atoms with E-state index in [1.54, 1.807) is 18.7 Å². The average molecular weight is 451 g/mol. The second-order valence-corrected chi connectivity index (χ2v) is 10.2. The van der Waals surface area contributed by atoms with E-state index in [4.69, 9.17) is 0 Å². The molecule has 32 heavy (non-hydrogen) atoms. The molecule has 3 aromatic carbocycles. The lowest BCUT2D eigenvalue weighted by atomic mass is 10.1. The molecule has 0 aliphatic rings. The zero-order valence-corrected chi connectivity index (χ0v) is 19.9. The van der Waals surface area contributed by atoms with Gasteiger partial charge in [-0.3, -0.25) is 4.79 Å². The lowest BCUT2D eigenvalue weighted by molar-refractivity contribution is -0.132. The Hall–Kier alpha value is -2.96. The highest BCUT2D eigenvalue weighted by atomic mass is 32.2. The van der Waals surface area contributed by atoms with E-state index >= 15 is 0 Å². The predicted octanol–water partition coefficient (Wildman–Crippen LogP) is 4.46. The van der Waals surface area contributed by atoms with Gasteiger partial charge in [-0.1, -0.05) is 78.4 Å². The van der Waals surface area contributed by atoms with E-state index in [1.165, 1.54) is 7.05 Å². The normalized spacial score (nSPS) is 11.5. The van der Waals surface area contributed by atoms with Crippen molar-refractivity contribution < 1.29 is 13.2 Å². The maximum absolute atomic E-state index is 13.3. The molecule has 168 valence electrons. The largest absolute Gasteiger partial charge is 0.333 e. The molecular weight excluding hydrogens is 420 g/mol. The summed E-state index contributed by atoms with van der Waals surface area (Å²) in [6.45, 7) is 6.11. The summed E-state index contributed by atoms with van der Waals surface area (Å²) in [5.74, 6) is -0.244. The number of carbonyl (C=O) groups excluding carboxylic acids is 1. The molecule has 0 N–H and O–H groups in total. The second kappa shape index (κ2) is 10.1. The molecule has 0 spiro atoms. The molecule has 0 saturated heterocycles. The van der Waals surface area contributed by atoms with E-state index in [9.17, 15) is 13.2 Å². The zero-order valence-electron chi connectivity index (χ0n) is 19.1. The van der Waals surface area contributed by atoms with Gasteiger partial charge in [-0.05, 0) is 43.0 Å². The average Bonchev–Trinajstić information content (AvgIpc) is 2.73. The topological polar surface area (TPSA) is 57.7 Å². The van der Waals surface area contributed by atoms with Crippen LogP contribution in [-0.2, 0) is 27.9 Å². The van der Waals surface area contributed by atoms with Crippen molar-refractivity contribution in [2.45, 2.75) is 38.8 Å². The highest BCUT2D eigenvalue weighted by Crippen LogP contribution is 2.24. The van der Waals surface area contributed by atoms with Crippen LogP contribution in [0, 0.1) is 20.8 Å². The van der Waals surface area contributed by atoms with Gasteiger partial charge in [-0.25, -0.2) is 8.42 Å². The van der Waals surface area contributed by atoms with Crippen molar-refractivity contribution in [2.24, 2.45) is 0 Å². The van der Waals surface area contributed by atoms with Crippen LogP contribution in [0.1, 0.15) is 27.8 Å². The summed E-state index contributed by atoms with van der Waals surface area (Å²) in [6, 6.07) is 23.1. The number of benzene rings is 3. The van der Waals surface area contributed by atoms with Crippen molar-refractivity contribution in [3.63, 3.8) is 0 Å².